The van der Waals surface area contributed by atoms with Crippen LogP contribution in [0.5, 0.6) is 11.5 Å². The molecule has 0 saturated heterocycles. The summed E-state index contributed by atoms with van der Waals surface area (Å²) >= 11 is 0. The zero-order valence-electron chi connectivity index (χ0n) is 23.2. The average molecular weight is 529 g/mol. The summed E-state index contributed by atoms with van der Waals surface area (Å²) in [4.78, 5) is 12.1. The van der Waals surface area contributed by atoms with Gasteiger partial charge in [0, 0.05) is 26.4 Å². The first-order valence-electron chi connectivity index (χ1n) is 13.2. The van der Waals surface area contributed by atoms with E-state index in [0.29, 0.717) is 44.2 Å². The lowest BCUT2D eigenvalue weighted by atomic mass is 9.66. The smallest absolute Gasteiger partial charge is 0.310 e. The second-order valence-electron chi connectivity index (χ2n) is 10.4. The first-order chi connectivity index (χ1) is 16.9. The number of aliphatic carboxylic acids is 1. The van der Waals surface area contributed by atoms with Crippen molar-refractivity contribution in [2.45, 2.75) is 79.1 Å². The highest BCUT2D eigenvalue weighted by atomic mass is 32.2. The Labute approximate surface area is 218 Å². The number of sulfone groups is 1. The Bertz CT molecular complexity index is 870. The van der Waals surface area contributed by atoms with Crippen molar-refractivity contribution < 1.29 is 32.5 Å². The van der Waals surface area contributed by atoms with Gasteiger partial charge in [-0.3, -0.25) is 4.79 Å². The van der Waals surface area contributed by atoms with Crippen molar-refractivity contribution in [1.82, 2.24) is 0 Å². The third kappa shape index (κ3) is 11.1. The Morgan fingerprint density at radius 1 is 0.889 bits per heavy atom. The number of methoxy groups -OCH3 is 1. The van der Waals surface area contributed by atoms with Gasteiger partial charge in [0.15, 0.2) is 11.5 Å². The Morgan fingerprint density at radius 2 is 1.50 bits per heavy atom. The van der Waals surface area contributed by atoms with Crippen LogP contribution in [0.1, 0.15) is 78.2 Å². The number of carbonyl (C=O) groups is 1. The summed E-state index contributed by atoms with van der Waals surface area (Å²) in [5, 5.41) is 9.90. The Hall–Kier alpha value is -1.80. The molecule has 0 unspecified atom stereocenters. The fraction of sp³-hybridized carbons (Fsp3) is 0.750. The minimum atomic E-state index is -3.01. The molecule has 1 N–H and O–H groups in total. The van der Waals surface area contributed by atoms with Crippen LogP contribution in [0.3, 0.4) is 0 Å². The quantitative estimate of drug-likeness (QED) is 0.214. The molecule has 0 aliphatic heterocycles. The molecule has 1 aromatic carbocycles. The number of benzene rings is 1. The van der Waals surface area contributed by atoms with Gasteiger partial charge in [-0.1, -0.05) is 53.0 Å². The van der Waals surface area contributed by atoms with Gasteiger partial charge in [-0.25, -0.2) is 8.42 Å². The normalized spacial score (nSPS) is 12.3. The number of rotatable bonds is 20. The van der Waals surface area contributed by atoms with Gasteiger partial charge in [-0.2, -0.15) is 0 Å². The number of carboxylic acid groups (broad SMARTS) is 1. The van der Waals surface area contributed by atoms with Gasteiger partial charge < -0.3 is 19.3 Å². The van der Waals surface area contributed by atoms with E-state index in [4.69, 9.17) is 14.2 Å². The van der Waals surface area contributed by atoms with Crippen molar-refractivity contribution >= 4 is 15.8 Å². The molecule has 0 fully saturated rings. The summed E-state index contributed by atoms with van der Waals surface area (Å²) in [7, 11) is -1.35. The molecule has 0 spiro atoms. The highest BCUT2D eigenvalue weighted by Gasteiger charge is 2.43. The molecule has 208 valence electrons. The molecule has 1 aromatic rings. The van der Waals surface area contributed by atoms with E-state index in [1.165, 1.54) is 6.26 Å². The van der Waals surface area contributed by atoms with Crippen molar-refractivity contribution in [3.63, 3.8) is 0 Å². The molecule has 0 atom stereocenters. The number of hydrogen-bond acceptors (Lipinski definition) is 6. The van der Waals surface area contributed by atoms with Gasteiger partial charge >= 0.3 is 5.97 Å². The zero-order chi connectivity index (χ0) is 27.2. The fourth-order valence-electron chi connectivity index (χ4n) is 4.77. The van der Waals surface area contributed by atoms with Crippen LogP contribution in [0.2, 0.25) is 0 Å². The average Bonchev–Trinajstić information content (AvgIpc) is 2.78. The van der Waals surface area contributed by atoms with E-state index in [9.17, 15) is 18.3 Å². The van der Waals surface area contributed by atoms with Gasteiger partial charge in [0.1, 0.15) is 9.84 Å². The zero-order valence-corrected chi connectivity index (χ0v) is 24.0. The first-order valence-corrected chi connectivity index (χ1v) is 15.3. The molecule has 7 nitrogen and oxygen atoms in total. The molecule has 8 heteroatoms. The molecule has 0 saturated carbocycles. The minimum absolute atomic E-state index is 0.0943. The summed E-state index contributed by atoms with van der Waals surface area (Å²) in [6, 6.07) is 5.93. The number of carboxylic acids is 1. The lowest BCUT2D eigenvalue weighted by molar-refractivity contribution is -0.156. The van der Waals surface area contributed by atoms with Crippen molar-refractivity contribution in [2.24, 2.45) is 17.3 Å². The third-order valence-electron chi connectivity index (χ3n) is 6.94. The lowest BCUT2D eigenvalue weighted by Gasteiger charge is -2.37. The van der Waals surface area contributed by atoms with Crippen LogP contribution in [0.25, 0.3) is 0 Å². The van der Waals surface area contributed by atoms with E-state index in [1.54, 1.807) is 7.11 Å². The van der Waals surface area contributed by atoms with Crippen LogP contribution in [0, 0.1) is 17.3 Å². The Morgan fingerprint density at radius 3 is 2.08 bits per heavy atom. The molecule has 0 aliphatic rings. The largest absolute Gasteiger partial charge is 0.490 e. The summed E-state index contributed by atoms with van der Waals surface area (Å²) in [6.45, 7) is 9.50. The minimum Gasteiger partial charge on any atom is -0.490 e. The van der Waals surface area contributed by atoms with Crippen molar-refractivity contribution in [3.8, 4) is 11.5 Å². The van der Waals surface area contributed by atoms with Crippen LogP contribution >= 0.6 is 0 Å². The SMILES string of the molecule is COCCCOc1cc(CCCCCCC(C(=O)O)(C(C)C)C(C)C)ccc1OCCCS(C)(=O)=O. The van der Waals surface area contributed by atoms with E-state index in [2.05, 4.69) is 0 Å². The van der Waals surface area contributed by atoms with Crippen molar-refractivity contribution in [1.29, 1.82) is 0 Å². The third-order valence-corrected chi connectivity index (χ3v) is 7.97. The topological polar surface area (TPSA) is 99.1 Å². The first kappa shape index (κ1) is 32.2. The van der Waals surface area contributed by atoms with Gasteiger partial charge in [0.2, 0.25) is 0 Å². The molecule has 0 bridgehead atoms. The second kappa shape index (κ2) is 16.1. The highest BCUT2D eigenvalue weighted by Crippen LogP contribution is 2.41. The van der Waals surface area contributed by atoms with Crippen LogP contribution in [0.15, 0.2) is 18.2 Å². The predicted molar refractivity (Wildman–Crippen MR) is 145 cm³/mol. The molecule has 0 aliphatic carbocycles. The molecular formula is C28H48O7S. The molecule has 36 heavy (non-hydrogen) atoms. The van der Waals surface area contributed by atoms with Gasteiger partial charge in [0.05, 0.1) is 24.4 Å². The van der Waals surface area contributed by atoms with Crippen molar-refractivity contribution in [2.75, 3.05) is 38.9 Å². The van der Waals surface area contributed by atoms with Crippen LogP contribution < -0.4 is 9.47 Å². The fourth-order valence-corrected chi connectivity index (χ4v) is 5.42. The number of hydrogen-bond donors (Lipinski definition) is 1. The van der Waals surface area contributed by atoms with Gasteiger partial charge in [-0.05, 0) is 55.2 Å². The number of ether oxygens (including phenoxy) is 3. The Balaban J connectivity index is 2.63. The van der Waals surface area contributed by atoms with Gasteiger partial charge in [0.25, 0.3) is 0 Å². The van der Waals surface area contributed by atoms with Crippen LogP contribution in [-0.2, 0) is 25.8 Å². The monoisotopic (exact) mass is 528 g/mol. The lowest BCUT2D eigenvalue weighted by Crippen LogP contribution is -2.41. The molecular weight excluding hydrogens is 480 g/mol. The molecule has 0 amide bonds. The van der Waals surface area contributed by atoms with Crippen LogP contribution in [-0.4, -0.2) is 58.4 Å². The molecule has 1 rings (SSSR count). The van der Waals surface area contributed by atoms with E-state index in [0.717, 1.165) is 44.1 Å². The number of unbranched alkanes of at least 4 members (excludes halogenated alkanes) is 3. The van der Waals surface area contributed by atoms with Crippen molar-refractivity contribution in [3.05, 3.63) is 23.8 Å². The van der Waals surface area contributed by atoms with E-state index in [-0.39, 0.29) is 17.6 Å². The van der Waals surface area contributed by atoms with E-state index in [1.807, 2.05) is 45.9 Å². The summed E-state index contributed by atoms with van der Waals surface area (Å²) in [5.74, 6) is 0.912. The molecule has 0 radical (unpaired) electrons. The van der Waals surface area contributed by atoms with Crippen LogP contribution in [0.4, 0.5) is 0 Å². The summed E-state index contributed by atoms with van der Waals surface area (Å²) in [5.41, 5.74) is 0.496. The maximum Gasteiger partial charge on any atom is 0.310 e. The summed E-state index contributed by atoms with van der Waals surface area (Å²) < 4.78 is 39.5. The molecule has 0 heterocycles. The second-order valence-corrected chi connectivity index (χ2v) is 12.6. The summed E-state index contributed by atoms with van der Waals surface area (Å²) in [6.07, 6.45) is 8.01. The predicted octanol–water partition coefficient (Wildman–Crippen LogP) is 5.79. The maximum atomic E-state index is 12.1. The van der Waals surface area contributed by atoms with E-state index >= 15 is 0 Å². The standard InChI is InChI=1S/C28H48O7S/c1-22(2)28(23(3)4,27(29)30)16-10-8-7-9-13-24-14-15-25(34-19-12-20-36(6,31)32)26(21-24)35-18-11-17-33-5/h14-15,21-23H,7-13,16-20H2,1-6H3,(H,29,30). The Kier molecular flexibility index (Phi) is 14.4. The molecule has 0 aromatic heterocycles. The van der Waals surface area contributed by atoms with E-state index < -0.39 is 21.2 Å². The highest BCUT2D eigenvalue weighted by molar-refractivity contribution is 7.90. The number of aryl methyl sites for hydroxylation is 1. The van der Waals surface area contributed by atoms with Gasteiger partial charge in [-0.15, -0.1) is 0 Å². The maximum absolute atomic E-state index is 12.1.